The molecule has 0 radical (unpaired) electrons. The Labute approximate surface area is 122 Å². The van der Waals surface area contributed by atoms with Gasteiger partial charge in [0.25, 0.3) is 5.91 Å². The van der Waals surface area contributed by atoms with E-state index in [-0.39, 0.29) is 11.7 Å². The van der Waals surface area contributed by atoms with Crippen LogP contribution >= 0.6 is 11.8 Å². The minimum absolute atomic E-state index is 0.185. The monoisotopic (exact) mass is 289 g/mol. The fourth-order valence-electron chi connectivity index (χ4n) is 1.88. The second-order valence-corrected chi connectivity index (χ2v) is 5.41. The quantitative estimate of drug-likeness (QED) is 0.911. The number of nitrogens with one attached hydrogen (secondary N) is 1. The number of hydrogen-bond acceptors (Lipinski definition) is 2. The molecule has 0 saturated carbocycles. The lowest BCUT2D eigenvalue weighted by Gasteiger charge is -2.09. The van der Waals surface area contributed by atoms with E-state index in [0.717, 1.165) is 5.75 Å². The Kier molecular flexibility index (Phi) is 4.79. The standard InChI is InChI=1S/C16H16FNOS/c1-11-9-14(17)7-8-15(11)18-16(19)13-5-3-12(4-6-13)10-20-2/h3-9H,10H2,1-2H3,(H,18,19). The van der Waals surface area contributed by atoms with E-state index in [2.05, 4.69) is 5.32 Å². The Morgan fingerprint density at radius 3 is 2.50 bits per heavy atom. The summed E-state index contributed by atoms with van der Waals surface area (Å²) in [5.74, 6) is 0.441. The third kappa shape index (κ3) is 3.61. The van der Waals surface area contributed by atoms with Gasteiger partial charge in [0.15, 0.2) is 0 Å². The minimum atomic E-state index is -0.304. The molecule has 0 unspecified atom stereocenters. The first-order chi connectivity index (χ1) is 9.60. The van der Waals surface area contributed by atoms with E-state index in [4.69, 9.17) is 0 Å². The number of benzene rings is 2. The van der Waals surface area contributed by atoms with Crippen LogP contribution in [0, 0.1) is 12.7 Å². The largest absolute Gasteiger partial charge is 0.322 e. The van der Waals surface area contributed by atoms with Crippen molar-refractivity contribution in [2.24, 2.45) is 0 Å². The van der Waals surface area contributed by atoms with Crippen molar-refractivity contribution in [3.05, 3.63) is 65.0 Å². The predicted molar refractivity (Wildman–Crippen MR) is 82.8 cm³/mol. The van der Waals surface area contributed by atoms with Crippen molar-refractivity contribution in [2.75, 3.05) is 11.6 Å². The van der Waals surface area contributed by atoms with Gasteiger partial charge < -0.3 is 5.32 Å². The zero-order valence-corrected chi connectivity index (χ0v) is 12.3. The lowest BCUT2D eigenvalue weighted by molar-refractivity contribution is 0.102. The normalized spacial score (nSPS) is 10.3. The smallest absolute Gasteiger partial charge is 0.255 e. The Balaban J connectivity index is 2.11. The maximum Gasteiger partial charge on any atom is 0.255 e. The predicted octanol–water partition coefficient (Wildman–Crippen LogP) is 4.25. The molecule has 20 heavy (non-hydrogen) atoms. The van der Waals surface area contributed by atoms with Gasteiger partial charge in [-0.3, -0.25) is 4.79 Å². The Hall–Kier alpha value is -1.81. The van der Waals surface area contributed by atoms with Crippen LogP contribution in [0.3, 0.4) is 0 Å². The number of anilines is 1. The van der Waals surface area contributed by atoms with Crippen molar-refractivity contribution in [2.45, 2.75) is 12.7 Å². The van der Waals surface area contributed by atoms with Gasteiger partial charge in [0.1, 0.15) is 5.82 Å². The first-order valence-electron chi connectivity index (χ1n) is 6.25. The van der Waals surface area contributed by atoms with Crippen molar-refractivity contribution in [1.82, 2.24) is 0 Å². The Morgan fingerprint density at radius 2 is 1.90 bits per heavy atom. The van der Waals surface area contributed by atoms with Crippen LogP contribution in [0.25, 0.3) is 0 Å². The zero-order valence-electron chi connectivity index (χ0n) is 11.4. The maximum atomic E-state index is 13.0. The summed E-state index contributed by atoms with van der Waals surface area (Å²) in [7, 11) is 0. The molecular weight excluding hydrogens is 273 g/mol. The van der Waals surface area contributed by atoms with Gasteiger partial charge in [-0.15, -0.1) is 0 Å². The zero-order chi connectivity index (χ0) is 14.5. The summed E-state index contributed by atoms with van der Waals surface area (Å²) in [6.45, 7) is 1.76. The highest BCUT2D eigenvalue weighted by molar-refractivity contribution is 7.97. The fourth-order valence-corrected chi connectivity index (χ4v) is 2.41. The van der Waals surface area contributed by atoms with Crippen LogP contribution in [0.15, 0.2) is 42.5 Å². The van der Waals surface area contributed by atoms with Gasteiger partial charge >= 0.3 is 0 Å². The van der Waals surface area contributed by atoms with Gasteiger partial charge in [0, 0.05) is 17.0 Å². The van der Waals surface area contributed by atoms with Crippen LogP contribution < -0.4 is 5.32 Å². The second-order valence-electron chi connectivity index (χ2n) is 4.54. The molecule has 0 aliphatic rings. The van der Waals surface area contributed by atoms with E-state index < -0.39 is 0 Å². The molecule has 4 heteroatoms. The maximum absolute atomic E-state index is 13.0. The van der Waals surface area contributed by atoms with Crippen molar-refractivity contribution >= 4 is 23.4 Å². The number of halogens is 1. The number of carbonyl (C=O) groups is 1. The van der Waals surface area contributed by atoms with E-state index in [1.54, 1.807) is 36.9 Å². The SMILES string of the molecule is CSCc1ccc(C(=O)Nc2ccc(F)cc2C)cc1. The van der Waals surface area contributed by atoms with Gasteiger partial charge in [-0.05, 0) is 54.6 Å². The van der Waals surface area contributed by atoms with Gasteiger partial charge in [-0.1, -0.05) is 12.1 Å². The molecular formula is C16H16FNOS. The molecule has 2 aromatic carbocycles. The molecule has 0 aliphatic heterocycles. The number of thioether (sulfide) groups is 1. The van der Waals surface area contributed by atoms with Gasteiger partial charge in [-0.2, -0.15) is 11.8 Å². The number of amides is 1. The van der Waals surface area contributed by atoms with Gasteiger partial charge in [0.2, 0.25) is 0 Å². The second kappa shape index (κ2) is 6.57. The molecule has 0 bridgehead atoms. The van der Waals surface area contributed by atoms with Crippen molar-refractivity contribution < 1.29 is 9.18 Å². The van der Waals surface area contributed by atoms with Crippen LogP contribution in [0.4, 0.5) is 10.1 Å². The first kappa shape index (κ1) is 14.6. The lowest BCUT2D eigenvalue weighted by Crippen LogP contribution is -2.12. The lowest BCUT2D eigenvalue weighted by atomic mass is 10.1. The van der Waals surface area contributed by atoms with Crippen molar-refractivity contribution in [3.8, 4) is 0 Å². The summed E-state index contributed by atoms with van der Waals surface area (Å²) in [6.07, 6.45) is 2.04. The summed E-state index contributed by atoms with van der Waals surface area (Å²) in [5.41, 5.74) is 3.12. The first-order valence-corrected chi connectivity index (χ1v) is 7.65. The third-order valence-electron chi connectivity index (χ3n) is 2.96. The minimum Gasteiger partial charge on any atom is -0.322 e. The van der Waals surface area contributed by atoms with E-state index >= 15 is 0 Å². The van der Waals surface area contributed by atoms with Gasteiger partial charge in [0.05, 0.1) is 0 Å². The molecule has 0 atom stereocenters. The molecule has 0 fully saturated rings. The molecule has 0 spiro atoms. The summed E-state index contributed by atoms with van der Waals surface area (Å²) < 4.78 is 13.0. The fraction of sp³-hybridized carbons (Fsp3) is 0.188. The van der Waals surface area contributed by atoms with Crippen molar-refractivity contribution in [3.63, 3.8) is 0 Å². The topological polar surface area (TPSA) is 29.1 Å². The number of aryl methyl sites for hydroxylation is 1. The summed E-state index contributed by atoms with van der Waals surface area (Å²) in [4.78, 5) is 12.1. The summed E-state index contributed by atoms with van der Waals surface area (Å²) in [5, 5.41) is 2.79. The van der Waals surface area contributed by atoms with Crippen LogP contribution in [0.1, 0.15) is 21.5 Å². The molecule has 2 aromatic rings. The van der Waals surface area contributed by atoms with E-state index in [9.17, 15) is 9.18 Å². The van der Waals surface area contributed by atoms with E-state index in [0.29, 0.717) is 16.8 Å². The van der Waals surface area contributed by atoms with E-state index in [1.165, 1.54) is 17.7 Å². The van der Waals surface area contributed by atoms with Gasteiger partial charge in [-0.25, -0.2) is 4.39 Å². The molecule has 0 aliphatic carbocycles. The Morgan fingerprint density at radius 1 is 1.20 bits per heavy atom. The third-order valence-corrected chi connectivity index (χ3v) is 3.59. The highest BCUT2D eigenvalue weighted by atomic mass is 32.2. The number of hydrogen-bond donors (Lipinski definition) is 1. The molecule has 2 nitrogen and oxygen atoms in total. The molecule has 0 heterocycles. The molecule has 2 rings (SSSR count). The highest BCUT2D eigenvalue weighted by Gasteiger charge is 2.08. The number of rotatable bonds is 4. The van der Waals surface area contributed by atoms with Crippen LogP contribution in [-0.2, 0) is 5.75 Å². The van der Waals surface area contributed by atoms with Crippen LogP contribution in [0.5, 0.6) is 0 Å². The molecule has 104 valence electrons. The van der Waals surface area contributed by atoms with Crippen molar-refractivity contribution in [1.29, 1.82) is 0 Å². The molecule has 1 N–H and O–H groups in total. The van der Waals surface area contributed by atoms with Crippen LogP contribution in [-0.4, -0.2) is 12.2 Å². The molecule has 1 amide bonds. The van der Waals surface area contributed by atoms with E-state index in [1.807, 2.05) is 18.4 Å². The molecule has 0 saturated heterocycles. The Bertz CT molecular complexity index is 610. The highest BCUT2D eigenvalue weighted by Crippen LogP contribution is 2.17. The van der Waals surface area contributed by atoms with Crippen LogP contribution in [0.2, 0.25) is 0 Å². The number of carbonyl (C=O) groups excluding carboxylic acids is 1. The average molecular weight is 289 g/mol. The summed E-state index contributed by atoms with van der Waals surface area (Å²) in [6, 6.07) is 11.8. The molecule has 0 aromatic heterocycles. The summed E-state index contributed by atoms with van der Waals surface area (Å²) >= 11 is 1.74. The average Bonchev–Trinajstić information content (AvgIpc) is 2.43.